The van der Waals surface area contributed by atoms with E-state index in [4.69, 9.17) is 4.74 Å². The van der Waals surface area contributed by atoms with Gasteiger partial charge < -0.3 is 9.84 Å². The quantitative estimate of drug-likeness (QED) is 0.870. The largest absolute Gasteiger partial charge is 0.496 e. The summed E-state index contributed by atoms with van der Waals surface area (Å²) >= 11 is 0. The monoisotopic (exact) mass is 276 g/mol. The lowest BCUT2D eigenvalue weighted by atomic mass is 9.63. The first-order valence-corrected chi connectivity index (χ1v) is 7.55. The van der Waals surface area contributed by atoms with Crippen LogP contribution in [0.1, 0.15) is 56.7 Å². The van der Waals surface area contributed by atoms with Crippen LogP contribution in [0.2, 0.25) is 0 Å². The first-order chi connectivity index (χ1) is 9.17. The van der Waals surface area contributed by atoms with E-state index in [1.807, 2.05) is 6.92 Å². The molecule has 0 aliphatic heterocycles. The molecule has 1 aromatic rings. The van der Waals surface area contributed by atoms with E-state index in [1.54, 1.807) is 7.11 Å². The molecule has 20 heavy (non-hydrogen) atoms. The van der Waals surface area contributed by atoms with Crippen LogP contribution in [0, 0.1) is 25.2 Å². The van der Waals surface area contributed by atoms with Gasteiger partial charge in [0, 0.05) is 0 Å². The molecule has 0 spiro atoms. The fourth-order valence-electron chi connectivity index (χ4n) is 4.24. The molecule has 2 unspecified atom stereocenters. The van der Waals surface area contributed by atoms with Crippen molar-refractivity contribution in [3.8, 4) is 5.75 Å². The third-order valence-electron chi connectivity index (χ3n) is 4.60. The van der Waals surface area contributed by atoms with Gasteiger partial charge in [0.05, 0.1) is 12.7 Å². The van der Waals surface area contributed by atoms with Crippen molar-refractivity contribution in [2.45, 2.75) is 59.5 Å². The Morgan fingerprint density at radius 2 is 1.80 bits per heavy atom. The van der Waals surface area contributed by atoms with Crippen molar-refractivity contribution in [3.05, 3.63) is 28.8 Å². The second-order valence-corrected chi connectivity index (χ2v) is 7.52. The van der Waals surface area contributed by atoms with Crippen LogP contribution in [0.15, 0.2) is 12.1 Å². The zero-order chi connectivity index (χ0) is 15.1. The van der Waals surface area contributed by atoms with E-state index in [0.717, 1.165) is 35.3 Å². The molecule has 0 aromatic heterocycles. The Hall–Kier alpha value is -1.02. The highest BCUT2D eigenvalue weighted by atomic mass is 16.5. The van der Waals surface area contributed by atoms with Crippen LogP contribution < -0.4 is 4.74 Å². The van der Waals surface area contributed by atoms with Gasteiger partial charge in [-0.3, -0.25) is 0 Å². The normalized spacial score (nSPS) is 29.2. The van der Waals surface area contributed by atoms with Crippen molar-refractivity contribution in [3.63, 3.8) is 0 Å². The molecule has 1 aliphatic rings. The lowest BCUT2D eigenvalue weighted by molar-refractivity contribution is -0.0639. The van der Waals surface area contributed by atoms with Crippen molar-refractivity contribution in [2.24, 2.45) is 11.3 Å². The molecular formula is C18H28O2. The van der Waals surface area contributed by atoms with Gasteiger partial charge in [0.1, 0.15) is 5.75 Å². The molecule has 2 atom stereocenters. The van der Waals surface area contributed by atoms with Gasteiger partial charge in [0.15, 0.2) is 0 Å². The third-order valence-corrected chi connectivity index (χ3v) is 4.60. The molecule has 112 valence electrons. The van der Waals surface area contributed by atoms with Crippen LogP contribution in [0.3, 0.4) is 0 Å². The third kappa shape index (κ3) is 2.85. The summed E-state index contributed by atoms with van der Waals surface area (Å²) in [5.41, 5.74) is 2.78. The van der Waals surface area contributed by atoms with Crippen LogP contribution in [-0.2, 0) is 5.60 Å². The molecule has 0 heterocycles. The standard InChI is InChI=1S/C18H28O2/c1-12-9-17(4,5)11-18(19,10-12)15-7-14(3)16(20-6)8-13(15)2/h7-8,12,19H,9-11H2,1-6H3. The van der Waals surface area contributed by atoms with E-state index in [9.17, 15) is 5.11 Å². The predicted octanol–water partition coefficient (Wildman–Crippen LogP) is 4.35. The van der Waals surface area contributed by atoms with Gasteiger partial charge in [0.25, 0.3) is 0 Å². The average Bonchev–Trinajstić information content (AvgIpc) is 2.28. The molecule has 1 aliphatic carbocycles. The summed E-state index contributed by atoms with van der Waals surface area (Å²) in [7, 11) is 1.70. The lowest BCUT2D eigenvalue weighted by Gasteiger charge is -2.45. The zero-order valence-electron chi connectivity index (χ0n) is 13.7. The summed E-state index contributed by atoms with van der Waals surface area (Å²) in [6.07, 6.45) is 2.86. The van der Waals surface area contributed by atoms with E-state index in [2.05, 4.69) is 39.8 Å². The van der Waals surface area contributed by atoms with Crippen molar-refractivity contribution in [1.29, 1.82) is 0 Å². The molecule has 0 bridgehead atoms. The first kappa shape index (κ1) is 15.4. The second-order valence-electron chi connectivity index (χ2n) is 7.52. The predicted molar refractivity (Wildman–Crippen MR) is 83.2 cm³/mol. The summed E-state index contributed by atoms with van der Waals surface area (Å²) in [6, 6.07) is 4.16. The molecule has 2 nitrogen and oxygen atoms in total. The van der Waals surface area contributed by atoms with Crippen molar-refractivity contribution < 1.29 is 9.84 Å². The van der Waals surface area contributed by atoms with Gasteiger partial charge in [-0.1, -0.05) is 20.8 Å². The van der Waals surface area contributed by atoms with E-state index in [1.165, 1.54) is 6.42 Å². The summed E-state index contributed by atoms with van der Waals surface area (Å²) < 4.78 is 5.38. The number of hydrogen-bond acceptors (Lipinski definition) is 2. The second kappa shape index (κ2) is 5.07. The van der Waals surface area contributed by atoms with Gasteiger partial charge in [-0.05, 0) is 73.3 Å². The lowest BCUT2D eigenvalue weighted by Crippen LogP contribution is -2.40. The van der Waals surface area contributed by atoms with Crippen LogP contribution in [-0.4, -0.2) is 12.2 Å². The fourth-order valence-corrected chi connectivity index (χ4v) is 4.24. The molecule has 0 saturated heterocycles. The molecule has 0 radical (unpaired) electrons. The highest BCUT2D eigenvalue weighted by molar-refractivity contribution is 5.44. The van der Waals surface area contributed by atoms with Crippen LogP contribution in [0.25, 0.3) is 0 Å². The average molecular weight is 276 g/mol. The number of ether oxygens (including phenoxy) is 1. The molecule has 1 fully saturated rings. The first-order valence-electron chi connectivity index (χ1n) is 7.55. The fraction of sp³-hybridized carbons (Fsp3) is 0.667. The number of hydrogen-bond donors (Lipinski definition) is 1. The van der Waals surface area contributed by atoms with Gasteiger partial charge in [-0.15, -0.1) is 0 Å². The maximum atomic E-state index is 11.3. The number of benzene rings is 1. The minimum absolute atomic E-state index is 0.187. The number of aliphatic hydroxyl groups is 1. The molecule has 2 heteroatoms. The summed E-state index contributed by atoms with van der Waals surface area (Å²) in [5, 5.41) is 11.3. The number of rotatable bonds is 2. The highest BCUT2D eigenvalue weighted by Crippen LogP contribution is 2.49. The Bertz CT molecular complexity index is 504. The minimum atomic E-state index is -0.706. The molecule has 0 amide bonds. The highest BCUT2D eigenvalue weighted by Gasteiger charge is 2.43. The van der Waals surface area contributed by atoms with E-state index >= 15 is 0 Å². The van der Waals surface area contributed by atoms with Crippen LogP contribution in [0.5, 0.6) is 5.75 Å². The Morgan fingerprint density at radius 3 is 2.35 bits per heavy atom. The van der Waals surface area contributed by atoms with E-state index in [0.29, 0.717) is 5.92 Å². The zero-order valence-corrected chi connectivity index (χ0v) is 13.7. The Morgan fingerprint density at radius 1 is 1.15 bits per heavy atom. The van der Waals surface area contributed by atoms with Crippen molar-refractivity contribution in [2.75, 3.05) is 7.11 Å². The van der Waals surface area contributed by atoms with Crippen LogP contribution >= 0.6 is 0 Å². The maximum Gasteiger partial charge on any atom is 0.122 e. The van der Waals surface area contributed by atoms with Crippen LogP contribution in [0.4, 0.5) is 0 Å². The Labute approximate surface area is 123 Å². The summed E-state index contributed by atoms with van der Waals surface area (Å²) in [5.74, 6) is 1.45. The van der Waals surface area contributed by atoms with Gasteiger partial charge in [-0.25, -0.2) is 0 Å². The molecule has 1 N–H and O–H groups in total. The number of methoxy groups -OCH3 is 1. The SMILES string of the molecule is COc1cc(C)c(C2(O)CC(C)CC(C)(C)C2)cc1C. The molecule has 2 rings (SSSR count). The Balaban J connectivity index is 2.46. The van der Waals surface area contributed by atoms with Gasteiger partial charge in [-0.2, -0.15) is 0 Å². The molecule has 1 aromatic carbocycles. The van der Waals surface area contributed by atoms with Gasteiger partial charge in [0.2, 0.25) is 0 Å². The van der Waals surface area contributed by atoms with Crippen molar-refractivity contribution in [1.82, 2.24) is 0 Å². The van der Waals surface area contributed by atoms with E-state index < -0.39 is 5.60 Å². The molecular weight excluding hydrogens is 248 g/mol. The summed E-state index contributed by atoms with van der Waals surface area (Å²) in [4.78, 5) is 0. The number of aryl methyl sites for hydroxylation is 2. The summed E-state index contributed by atoms with van der Waals surface area (Å²) in [6.45, 7) is 10.9. The minimum Gasteiger partial charge on any atom is -0.496 e. The maximum absolute atomic E-state index is 11.3. The topological polar surface area (TPSA) is 29.5 Å². The Kier molecular flexibility index (Phi) is 3.90. The van der Waals surface area contributed by atoms with E-state index in [-0.39, 0.29) is 5.41 Å². The van der Waals surface area contributed by atoms with Crippen molar-refractivity contribution >= 4 is 0 Å². The van der Waals surface area contributed by atoms with Gasteiger partial charge >= 0.3 is 0 Å². The smallest absolute Gasteiger partial charge is 0.122 e. The molecule has 1 saturated carbocycles.